The van der Waals surface area contributed by atoms with Crippen LogP contribution < -0.4 is 10.6 Å². The average molecular weight is 572 g/mol. The van der Waals surface area contributed by atoms with Gasteiger partial charge < -0.3 is 29.2 Å². The van der Waals surface area contributed by atoms with E-state index >= 15 is 4.39 Å². The number of halogens is 3. The van der Waals surface area contributed by atoms with Gasteiger partial charge in [0.05, 0.1) is 23.3 Å². The van der Waals surface area contributed by atoms with Crippen LogP contribution in [0, 0.1) is 5.92 Å². The fraction of sp³-hybridized carbons (Fsp3) is 0.483. The molecule has 1 aromatic carbocycles. The Bertz CT molecular complexity index is 1520. The molecule has 41 heavy (non-hydrogen) atoms. The van der Waals surface area contributed by atoms with Gasteiger partial charge in [0.1, 0.15) is 0 Å². The highest BCUT2D eigenvalue weighted by Crippen LogP contribution is 2.37. The van der Waals surface area contributed by atoms with Gasteiger partial charge in [-0.05, 0) is 71.0 Å². The Balaban J connectivity index is 1.41. The SMILES string of the molecule is C[C@H]1CN(C)CC[C@H]1Nc1cccc2c1cc(-c1noc(CNC(=O)c3ccn(C(C)(C)C)c3)n1)n2C(F)C(F)F. The molecule has 220 valence electrons. The third kappa shape index (κ3) is 5.97. The molecule has 1 saturated heterocycles. The highest BCUT2D eigenvalue weighted by atomic mass is 19.3. The highest BCUT2D eigenvalue weighted by Gasteiger charge is 2.30. The molecule has 4 aromatic rings. The summed E-state index contributed by atoms with van der Waals surface area (Å²) < 4.78 is 50.6. The van der Waals surface area contributed by atoms with Crippen molar-refractivity contribution < 1.29 is 22.5 Å². The number of carbonyl (C=O) groups excluding carboxylic acids is 1. The summed E-state index contributed by atoms with van der Waals surface area (Å²) >= 11 is 0. The van der Waals surface area contributed by atoms with Crippen LogP contribution in [0.3, 0.4) is 0 Å². The van der Waals surface area contributed by atoms with E-state index in [1.54, 1.807) is 30.5 Å². The Labute approximate surface area is 236 Å². The maximum Gasteiger partial charge on any atom is 0.288 e. The quantitative estimate of drug-likeness (QED) is 0.283. The molecule has 0 spiro atoms. The van der Waals surface area contributed by atoms with Crippen LogP contribution in [0.15, 0.2) is 47.2 Å². The zero-order valence-electron chi connectivity index (χ0n) is 23.9. The van der Waals surface area contributed by atoms with Crippen molar-refractivity contribution in [2.24, 2.45) is 5.92 Å². The summed E-state index contributed by atoms with van der Waals surface area (Å²) in [5, 5.41) is 10.8. The van der Waals surface area contributed by atoms with E-state index in [9.17, 15) is 13.6 Å². The van der Waals surface area contributed by atoms with Crippen molar-refractivity contribution in [2.45, 2.75) is 65.0 Å². The lowest BCUT2D eigenvalue weighted by Crippen LogP contribution is -2.43. The van der Waals surface area contributed by atoms with Crippen LogP contribution in [-0.2, 0) is 12.1 Å². The molecule has 12 heteroatoms. The molecule has 9 nitrogen and oxygen atoms in total. The number of likely N-dealkylation sites (tertiary alicyclic amines) is 1. The number of carbonyl (C=O) groups is 1. The van der Waals surface area contributed by atoms with Crippen LogP contribution >= 0.6 is 0 Å². The van der Waals surface area contributed by atoms with Gasteiger partial charge in [-0.1, -0.05) is 18.1 Å². The van der Waals surface area contributed by atoms with E-state index in [1.165, 1.54) is 0 Å². The second-order valence-electron chi connectivity index (χ2n) is 11.8. The number of anilines is 1. The fourth-order valence-electron chi connectivity index (χ4n) is 5.33. The Morgan fingerprint density at radius 1 is 1.22 bits per heavy atom. The van der Waals surface area contributed by atoms with E-state index in [4.69, 9.17) is 4.52 Å². The number of hydrogen-bond donors (Lipinski definition) is 2. The lowest BCUT2D eigenvalue weighted by Gasteiger charge is -2.36. The molecule has 1 unspecified atom stereocenters. The minimum Gasteiger partial charge on any atom is -0.381 e. The van der Waals surface area contributed by atoms with E-state index in [0.29, 0.717) is 22.4 Å². The average Bonchev–Trinajstić information content (AvgIpc) is 3.66. The molecule has 0 bridgehead atoms. The van der Waals surface area contributed by atoms with Crippen molar-refractivity contribution in [1.29, 1.82) is 0 Å². The summed E-state index contributed by atoms with van der Waals surface area (Å²) in [5.74, 6) is 0.0439. The van der Waals surface area contributed by atoms with Gasteiger partial charge in [0.2, 0.25) is 18.0 Å². The molecule has 1 aliphatic heterocycles. The lowest BCUT2D eigenvalue weighted by molar-refractivity contribution is 0.0114. The van der Waals surface area contributed by atoms with Crippen molar-refractivity contribution in [3.8, 4) is 11.5 Å². The first-order chi connectivity index (χ1) is 19.4. The molecule has 2 N–H and O–H groups in total. The van der Waals surface area contributed by atoms with Gasteiger partial charge in [-0.25, -0.2) is 13.2 Å². The number of rotatable bonds is 8. The number of fused-ring (bicyclic) bond motifs is 1. The predicted molar refractivity (Wildman–Crippen MR) is 151 cm³/mol. The Morgan fingerprint density at radius 2 is 2.00 bits per heavy atom. The van der Waals surface area contributed by atoms with Gasteiger partial charge in [-0.15, -0.1) is 0 Å². The lowest BCUT2D eigenvalue weighted by atomic mass is 9.94. The first-order valence-electron chi connectivity index (χ1n) is 13.7. The topological polar surface area (TPSA) is 93.2 Å². The number of piperidine rings is 1. The van der Waals surface area contributed by atoms with Crippen LogP contribution in [0.4, 0.5) is 18.9 Å². The van der Waals surface area contributed by atoms with Crippen LogP contribution in [0.1, 0.15) is 56.7 Å². The number of hydrogen-bond acceptors (Lipinski definition) is 6. The summed E-state index contributed by atoms with van der Waals surface area (Å²) in [4.78, 5) is 19.2. The highest BCUT2D eigenvalue weighted by molar-refractivity contribution is 5.96. The van der Waals surface area contributed by atoms with Crippen molar-refractivity contribution in [3.63, 3.8) is 0 Å². The summed E-state index contributed by atoms with van der Waals surface area (Å²) in [7, 11) is 2.08. The van der Waals surface area contributed by atoms with Crippen LogP contribution in [-0.4, -0.2) is 62.7 Å². The van der Waals surface area contributed by atoms with Gasteiger partial charge in [0, 0.05) is 41.6 Å². The molecule has 1 aliphatic rings. The molecule has 0 radical (unpaired) electrons. The zero-order valence-corrected chi connectivity index (χ0v) is 23.9. The number of alkyl halides is 3. The molecule has 0 aliphatic carbocycles. The molecular formula is C29H36F3N7O2. The standard InChI is InChI=1S/C29H36F3N7O2/c1-17-15-37(5)11-10-20(17)34-21-7-6-8-22-19(21)13-23(39(22)26(32)25(30)31)27-35-24(41-36-27)14-33-28(40)18-9-12-38(16-18)29(2,3)4/h6-9,12-13,16-17,20,25-26,34H,10-11,14-15H2,1-5H3,(H,33,40)/t17-,20+,26?/m0/s1. The van der Waals surface area contributed by atoms with E-state index < -0.39 is 12.7 Å². The third-order valence-corrected chi connectivity index (χ3v) is 7.61. The van der Waals surface area contributed by atoms with Crippen molar-refractivity contribution in [3.05, 3.63) is 54.2 Å². The van der Waals surface area contributed by atoms with E-state index in [1.807, 2.05) is 37.6 Å². The first kappa shape index (κ1) is 28.7. The maximum atomic E-state index is 15.0. The van der Waals surface area contributed by atoms with E-state index in [-0.39, 0.29) is 41.4 Å². The van der Waals surface area contributed by atoms with Gasteiger partial charge in [0.15, 0.2) is 0 Å². The number of nitrogens with one attached hydrogen (secondary N) is 2. The second-order valence-corrected chi connectivity index (χ2v) is 11.8. The number of amides is 1. The number of aromatic nitrogens is 4. The van der Waals surface area contributed by atoms with Crippen LogP contribution in [0.2, 0.25) is 0 Å². The van der Waals surface area contributed by atoms with Gasteiger partial charge >= 0.3 is 0 Å². The van der Waals surface area contributed by atoms with Crippen molar-refractivity contribution in [1.82, 2.24) is 29.5 Å². The van der Waals surface area contributed by atoms with E-state index in [0.717, 1.165) is 29.8 Å². The summed E-state index contributed by atoms with van der Waals surface area (Å²) in [5.41, 5.74) is 1.37. The summed E-state index contributed by atoms with van der Waals surface area (Å²) in [6, 6.07) is 8.67. The van der Waals surface area contributed by atoms with Gasteiger partial charge in [-0.2, -0.15) is 4.98 Å². The largest absolute Gasteiger partial charge is 0.381 e. The third-order valence-electron chi connectivity index (χ3n) is 7.61. The minimum absolute atomic E-state index is 0.0498. The monoisotopic (exact) mass is 571 g/mol. The smallest absolute Gasteiger partial charge is 0.288 e. The van der Waals surface area contributed by atoms with E-state index in [2.05, 4.69) is 39.6 Å². The van der Waals surface area contributed by atoms with Crippen molar-refractivity contribution >= 4 is 22.5 Å². The molecule has 1 fully saturated rings. The summed E-state index contributed by atoms with van der Waals surface area (Å²) in [6.07, 6.45) is -1.39. The summed E-state index contributed by atoms with van der Waals surface area (Å²) in [6.45, 7) is 10.0. The molecule has 3 aromatic heterocycles. The Hall–Kier alpha value is -3.80. The maximum absolute atomic E-state index is 15.0. The van der Waals surface area contributed by atoms with Crippen LogP contribution in [0.25, 0.3) is 22.4 Å². The molecule has 3 atom stereocenters. The number of benzene rings is 1. The Morgan fingerprint density at radius 3 is 2.68 bits per heavy atom. The number of nitrogens with zero attached hydrogens (tertiary/aromatic N) is 5. The zero-order chi connectivity index (χ0) is 29.5. The van der Waals surface area contributed by atoms with Crippen molar-refractivity contribution in [2.75, 3.05) is 25.5 Å². The van der Waals surface area contributed by atoms with Gasteiger partial charge in [0.25, 0.3) is 12.3 Å². The van der Waals surface area contributed by atoms with Crippen LogP contribution in [0.5, 0.6) is 0 Å². The predicted octanol–water partition coefficient (Wildman–Crippen LogP) is 5.66. The molecule has 4 heterocycles. The van der Waals surface area contributed by atoms with Gasteiger partial charge in [-0.3, -0.25) is 4.79 Å². The molecular weight excluding hydrogens is 535 g/mol. The normalized spacial score (nSPS) is 19.1. The Kier molecular flexibility index (Phi) is 7.87. The second kappa shape index (κ2) is 11.2. The molecule has 1 amide bonds. The first-order valence-corrected chi connectivity index (χ1v) is 13.7. The molecule has 5 rings (SSSR count). The minimum atomic E-state index is -3.26. The molecule has 0 saturated carbocycles. The fourth-order valence-corrected chi connectivity index (χ4v) is 5.33.